The fourth-order valence-electron chi connectivity index (χ4n) is 2.35. The number of aromatic nitrogens is 2. The fraction of sp³-hybridized carbons (Fsp3) is 0.400. The Bertz CT molecular complexity index is 613. The van der Waals surface area contributed by atoms with E-state index in [-0.39, 0.29) is 6.04 Å². The molecule has 3 nitrogen and oxygen atoms in total. The third-order valence-corrected chi connectivity index (χ3v) is 3.68. The van der Waals surface area contributed by atoms with Gasteiger partial charge in [0.1, 0.15) is 11.6 Å². The lowest BCUT2D eigenvalue weighted by molar-refractivity contribution is 0.486. The Morgan fingerprint density at radius 2 is 2.14 bits per heavy atom. The summed E-state index contributed by atoms with van der Waals surface area (Å²) in [7, 11) is 1.78. The van der Waals surface area contributed by atoms with Crippen molar-refractivity contribution in [3.05, 3.63) is 52.3 Å². The Kier molecular flexibility index (Phi) is 5.31. The first-order valence-corrected chi connectivity index (χ1v) is 7.27. The first-order valence-electron chi connectivity index (χ1n) is 6.89. The summed E-state index contributed by atoms with van der Waals surface area (Å²) < 4.78 is 28.6. The molecule has 1 aromatic carbocycles. The Morgan fingerprint density at radius 3 is 2.76 bits per heavy atom. The monoisotopic (exact) mass is 313 g/mol. The normalized spacial score (nSPS) is 12.6. The number of aryl methyl sites for hydroxylation is 1. The summed E-state index contributed by atoms with van der Waals surface area (Å²) in [6.45, 7) is 2.79. The van der Waals surface area contributed by atoms with Crippen molar-refractivity contribution in [1.82, 2.24) is 15.1 Å². The van der Waals surface area contributed by atoms with Crippen LogP contribution in [0.15, 0.2) is 24.4 Å². The van der Waals surface area contributed by atoms with Crippen molar-refractivity contribution >= 4 is 11.6 Å². The predicted octanol–water partition coefficient (Wildman–Crippen LogP) is 3.73. The van der Waals surface area contributed by atoms with Crippen LogP contribution in [0.3, 0.4) is 0 Å². The van der Waals surface area contributed by atoms with Gasteiger partial charge < -0.3 is 5.32 Å². The lowest BCUT2D eigenvalue weighted by atomic mass is 10.0. The van der Waals surface area contributed by atoms with Crippen molar-refractivity contribution in [3.8, 4) is 0 Å². The van der Waals surface area contributed by atoms with Crippen LogP contribution in [-0.2, 0) is 13.0 Å². The smallest absolute Gasteiger partial charge is 0.129 e. The van der Waals surface area contributed by atoms with E-state index in [1.165, 1.54) is 12.1 Å². The minimum Gasteiger partial charge on any atom is -0.311 e. The molecule has 1 heterocycles. The summed E-state index contributed by atoms with van der Waals surface area (Å²) in [6, 6.07) is 3.43. The van der Waals surface area contributed by atoms with Crippen molar-refractivity contribution in [2.24, 2.45) is 0 Å². The second-order valence-corrected chi connectivity index (χ2v) is 5.29. The highest BCUT2D eigenvalue weighted by molar-refractivity contribution is 6.31. The van der Waals surface area contributed by atoms with Gasteiger partial charge >= 0.3 is 0 Å². The van der Waals surface area contributed by atoms with E-state index in [0.29, 0.717) is 17.0 Å². The van der Waals surface area contributed by atoms with Crippen LogP contribution in [0, 0.1) is 11.6 Å². The highest BCUT2D eigenvalue weighted by Gasteiger charge is 2.20. The molecule has 1 aromatic heterocycles. The van der Waals surface area contributed by atoms with Gasteiger partial charge in [-0.2, -0.15) is 5.10 Å². The number of hydrogen-bond acceptors (Lipinski definition) is 2. The quantitative estimate of drug-likeness (QED) is 0.880. The van der Waals surface area contributed by atoms with E-state index in [2.05, 4.69) is 10.4 Å². The van der Waals surface area contributed by atoms with Gasteiger partial charge in [0.25, 0.3) is 0 Å². The Balaban J connectivity index is 2.29. The molecule has 0 aliphatic rings. The molecule has 0 bridgehead atoms. The summed E-state index contributed by atoms with van der Waals surface area (Å²) in [5, 5.41) is 7.92. The SMILES string of the molecule is CCCn1ncc(Cl)c1C(Cc1ccc(F)cc1F)NC. The van der Waals surface area contributed by atoms with E-state index in [1.54, 1.807) is 13.2 Å². The van der Waals surface area contributed by atoms with Gasteiger partial charge in [0.05, 0.1) is 23.0 Å². The zero-order valence-corrected chi connectivity index (χ0v) is 12.8. The average molecular weight is 314 g/mol. The van der Waals surface area contributed by atoms with Gasteiger partial charge in [-0.25, -0.2) is 8.78 Å². The molecular formula is C15H18ClF2N3. The second kappa shape index (κ2) is 7.00. The van der Waals surface area contributed by atoms with Crippen LogP contribution >= 0.6 is 11.6 Å². The molecule has 1 atom stereocenters. The van der Waals surface area contributed by atoms with Crippen molar-refractivity contribution in [3.63, 3.8) is 0 Å². The van der Waals surface area contributed by atoms with Crippen LogP contribution in [0.2, 0.25) is 5.02 Å². The van der Waals surface area contributed by atoms with Gasteiger partial charge in [-0.05, 0) is 31.5 Å². The van der Waals surface area contributed by atoms with Crippen LogP contribution in [0.1, 0.15) is 30.6 Å². The fourth-order valence-corrected chi connectivity index (χ4v) is 2.62. The molecular weight excluding hydrogens is 296 g/mol. The molecule has 0 aliphatic heterocycles. The minimum absolute atomic E-state index is 0.188. The summed E-state index contributed by atoms with van der Waals surface area (Å²) in [5.74, 6) is -1.13. The minimum atomic E-state index is -0.577. The molecule has 2 rings (SSSR count). The third kappa shape index (κ3) is 3.60. The van der Waals surface area contributed by atoms with Crippen LogP contribution in [0.4, 0.5) is 8.78 Å². The molecule has 6 heteroatoms. The number of nitrogens with zero attached hydrogens (tertiary/aromatic N) is 2. The summed E-state index contributed by atoms with van der Waals surface area (Å²) in [4.78, 5) is 0. The third-order valence-electron chi connectivity index (χ3n) is 3.39. The summed E-state index contributed by atoms with van der Waals surface area (Å²) in [6.07, 6.45) is 2.89. The van der Waals surface area contributed by atoms with Gasteiger partial charge in [0, 0.05) is 12.6 Å². The van der Waals surface area contributed by atoms with E-state index < -0.39 is 11.6 Å². The largest absolute Gasteiger partial charge is 0.311 e. The Labute approximate surface area is 127 Å². The first-order chi connectivity index (χ1) is 10.1. The van der Waals surface area contributed by atoms with Gasteiger partial charge in [0.2, 0.25) is 0 Å². The van der Waals surface area contributed by atoms with Crippen molar-refractivity contribution in [2.45, 2.75) is 32.4 Å². The van der Waals surface area contributed by atoms with Crippen molar-refractivity contribution in [1.29, 1.82) is 0 Å². The van der Waals surface area contributed by atoms with Crippen molar-refractivity contribution in [2.75, 3.05) is 7.05 Å². The van der Waals surface area contributed by atoms with E-state index in [1.807, 2.05) is 11.6 Å². The molecule has 0 aliphatic carbocycles. The second-order valence-electron chi connectivity index (χ2n) is 4.88. The zero-order chi connectivity index (χ0) is 15.4. The van der Waals surface area contributed by atoms with Crippen LogP contribution in [0.5, 0.6) is 0 Å². The zero-order valence-electron chi connectivity index (χ0n) is 12.0. The molecule has 0 spiro atoms. The molecule has 0 fully saturated rings. The van der Waals surface area contributed by atoms with E-state index in [0.717, 1.165) is 24.7 Å². The average Bonchev–Trinajstić information content (AvgIpc) is 2.80. The first kappa shape index (κ1) is 15.9. The number of rotatable bonds is 6. The van der Waals surface area contributed by atoms with Gasteiger partial charge in [-0.1, -0.05) is 24.6 Å². The van der Waals surface area contributed by atoms with Crippen molar-refractivity contribution < 1.29 is 8.78 Å². The number of halogens is 3. The van der Waals surface area contributed by atoms with Crippen LogP contribution in [0.25, 0.3) is 0 Å². The van der Waals surface area contributed by atoms with Gasteiger partial charge in [-0.15, -0.1) is 0 Å². The molecule has 0 radical (unpaired) electrons. The molecule has 1 unspecified atom stereocenters. The molecule has 0 saturated carbocycles. The lowest BCUT2D eigenvalue weighted by Gasteiger charge is -2.19. The van der Waals surface area contributed by atoms with E-state index in [4.69, 9.17) is 11.6 Å². The predicted molar refractivity (Wildman–Crippen MR) is 79.4 cm³/mol. The summed E-state index contributed by atoms with van der Waals surface area (Å²) >= 11 is 6.21. The molecule has 114 valence electrons. The number of nitrogens with one attached hydrogen (secondary N) is 1. The Hall–Kier alpha value is -1.46. The summed E-state index contributed by atoms with van der Waals surface area (Å²) in [5.41, 5.74) is 1.26. The maximum Gasteiger partial charge on any atom is 0.129 e. The Morgan fingerprint density at radius 1 is 1.38 bits per heavy atom. The maximum absolute atomic E-state index is 13.8. The highest BCUT2D eigenvalue weighted by Crippen LogP contribution is 2.26. The lowest BCUT2D eigenvalue weighted by Crippen LogP contribution is -2.23. The molecule has 0 amide bonds. The van der Waals surface area contributed by atoms with E-state index >= 15 is 0 Å². The van der Waals surface area contributed by atoms with Gasteiger partial charge in [-0.3, -0.25) is 4.68 Å². The van der Waals surface area contributed by atoms with Crippen LogP contribution < -0.4 is 5.32 Å². The molecule has 21 heavy (non-hydrogen) atoms. The van der Waals surface area contributed by atoms with Gasteiger partial charge in [0.15, 0.2) is 0 Å². The van der Waals surface area contributed by atoms with E-state index in [9.17, 15) is 8.78 Å². The molecule has 2 aromatic rings. The number of likely N-dealkylation sites (N-methyl/N-ethyl adjacent to an activating group) is 1. The number of hydrogen-bond donors (Lipinski definition) is 1. The standard InChI is InChI=1S/C15H18ClF2N3/c1-3-6-21-15(12(16)9-20-21)14(19-2)7-10-4-5-11(17)8-13(10)18/h4-5,8-9,14,19H,3,6-7H2,1-2H3. The van der Waals surface area contributed by atoms with Crippen LogP contribution in [-0.4, -0.2) is 16.8 Å². The topological polar surface area (TPSA) is 29.9 Å². The number of benzene rings is 1. The maximum atomic E-state index is 13.8. The molecule has 0 saturated heterocycles. The highest BCUT2D eigenvalue weighted by atomic mass is 35.5. The molecule has 1 N–H and O–H groups in total.